The molecular weight excluding hydrogens is 460 g/mol. The lowest BCUT2D eigenvalue weighted by molar-refractivity contribution is -0.143. The summed E-state index contributed by atoms with van der Waals surface area (Å²) in [7, 11) is 0. The second-order valence-corrected chi connectivity index (χ2v) is 6.73. The number of amides is 1. The second-order valence-electron chi connectivity index (χ2n) is 6.73. The Morgan fingerprint density at radius 3 is 2.06 bits per heavy atom. The predicted octanol–water partition coefficient (Wildman–Crippen LogP) is 3.89. The molecule has 8 nitrogen and oxygen atoms in total. The van der Waals surface area contributed by atoms with Crippen molar-refractivity contribution in [2.75, 3.05) is 0 Å². The van der Waals surface area contributed by atoms with Gasteiger partial charge in [0.15, 0.2) is 5.82 Å². The Kier molecular flexibility index (Phi) is 6.12. The lowest BCUT2D eigenvalue weighted by Crippen LogP contribution is -2.29. The number of aromatic carboxylic acids is 1. The van der Waals surface area contributed by atoms with Gasteiger partial charge >= 0.3 is 18.3 Å². The summed E-state index contributed by atoms with van der Waals surface area (Å²) in [6.45, 7) is 1.37. The molecule has 2 N–H and O–H groups in total. The summed E-state index contributed by atoms with van der Waals surface area (Å²) in [5.74, 6) is -2.49. The van der Waals surface area contributed by atoms with E-state index in [1.54, 1.807) is 0 Å². The zero-order valence-corrected chi connectivity index (χ0v) is 16.4. The Hall–Kier alpha value is -3.97. The van der Waals surface area contributed by atoms with Crippen LogP contribution in [-0.2, 0) is 12.4 Å². The minimum atomic E-state index is -5.11. The Labute approximate surface area is 180 Å². The number of hydrogen-bond acceptors (Lipinski definition) is 5. The first kappa shape index (κ1) is 23.7. The van der Waals surface area contributed by atoms with Crippen LogP contribution in [0.2, 0.25) is 0 Å². The van der Waals surface area contributed by atoms with Gasteiger partial charge in [-0.05, 0) is 25.1 Å². The van der Waals surface area contributed by atoms with Gasteiger partial charge in [0, 0.05) is 24.2 Å². The normalized spacial score (nSPS) is 12.9. The zero-order chi connectivity index (χ0) is 24.6. The lowest BCUT2D eigenvalue weighted by Gasteiger charge is -2.18. The first-order valence-corrected chi connectivity index (χ1v) is 8.97. The number of halogens is 6. The van der Waals surface area contributed by atoms with E-state index in [4.69, 9.17) is 5.11 Å². The molecule has 2 heterocycles. The molecule has 0 saturated heterocycles. The van der Waals surface area contributed by atoms with Crippen LogP contribution in [0.5, 0.6) is 0 Å². The van der Waals surface area contributed by atoms with Crippen molar-refractivity contribution in [1.82, 2.24) is 25.1 Å². The molecular formula is C19H13F6N5O3. The van der Waals surface area contributed by atoms with Gasteiger partial charge in [-0.15, -0.1) is 0 Å². The summed E-state index contributed by atoms with van der Waals surface area (Å²) in [6, 6.07) is -0.524. The van der Waals surface area contributed by atoms with Crippen molar-refractivity contribution in [3.8, 4) is 5.82 Å². The lowest BCUT2D eigenvalue weighted by atomic mass is 10.0. The van der Waals surface area contributed by atoms with E-state index in [2.05, 4.69) is 20.4 Å². The minimum Gasteiger partial charge on any atom is -0.478 e. The fourth-order valence-corrected chi connectivity index (χ4v) is 2.81. The smallest absolute Gasteiger partial charge is 0.416 e. The maximum Gasteiger partial charge on any atom is 0.416 e. The standard InChI is InChI=1S/C19H13F6N5O3/c1-9(14-15(27-3-2-26-14)30-8-11(7-28-30)17(32)33)29-16(31)10-4-12(18(20,21)22)6-13(5-10)19(23,24)25/h2-9H,1H3,(H,29,31)(H,32,33)/t9-/m1/s1. The summed E-state index contributed by atoms with van der Waals surface area (Å²) in [6.07, 6.45) is -5.59. The van der Waals surface area contributed by atoms with E-state index in [1.165, 1.54) is 19.3 Å². The highest BCUT2D eigenvalue weighted by atomic mass is 19.4. The zero-order valence-electron chi connectivity index (χ0n) is 16.4. The van der Waals surface area contributed by atoms with E-state index in [-0.39, 0.29) is 23.1 Å². The largest absolute Gasteiger partial charge is 0.478 e. The van der Waals surface area contributed by atoms with E-state index in [0.29, 0.717) is 12.1 Å². The van der Waals surface area contributed by atoms with E-state index >= 15 is 0 Å². The van der Waals surface area contributed by atoms with Gasteiger partial charge in [0.05, 0.1) is 28.9 Å². The van der Waals surface area contributed by atoms with E-state index in [0.717, 1.165) is 17.1 Å². The van der Waals surface area contributed by atoms with Crippen molar-refractivity contribution >= 4 is 11.9 Å². The molecule has 14 heteroatoms. The van der Waals surface area contributed by atoms with Crippen LogP contribution in [-0.4, -0.2) is 36.7 Å². The molecule has 0 fully saturated rings. The van der Waals surface area contributed by atoms with Crippen molar-refractivity contribution in [3.05, 3.63) is 70.9 Å². The average molecular weight is 473 g/mol. The van der Waals surface area contributed by atoms with Gasteiger partial charge in [-0.3, -0.25) is 9.78 Å². The molecule has 1 amide bonds. The summed E-state index contributed by atoms with van der Waals surface area (Å²) in [5.41, 5.74) is -4.26. The molecule has 0 aliphatic carbocycles. The van der Waals surface area contributed by atoms with Crippen molar-refractivity contribution in [2.24, 2.45) is 0 Å². The van der Waals surface area contributed by atoms with Crippen LogP contribution in [0.1, 0.15) is 50.5 Å². The number of nitrogens with one attached hydrogen (secondary N) is 1. The minimum absolute atomic E-state index is 0.00202. The van der Waals surface area contributed by atoms with Gasteiger partial charge in [-0.2, -0.15) is 31.4 Å². The van der Waals surface area contributed by atoms with Crippen LogP contribution in [0.4, 0.5) is 26.3 Å². The van der Waals surface area contributed by atoms with E-state index in [1.807, 2.05) is 0 Å². The fraction of sp³-hybridized carbons (Fsp3) is 0.211. The molecule has 0 radical (unpaired) electrons. The summed E-state index contributed by atoms with van der Waals surface area (Å²) in [4.78, 5) is 31.6. The molecule has 0 unspecified atom stereocenters. The van der Waals surface area contributed by atoms with Gasteiger partial charge in [-0.25, -0.2) is 14.5 Å². The third-order valence-corrected chi connectivity index (χ3v) is 4.36. The van der Waals surface area contributed by atoms with Crippen molar-refractivity contribution in [3.63, 3.8) is 0 Å². The molecule has 2 aromatic heterocycles. The molecule has 0 aliphatic rings. The highest BCUT2D eigenvalue weighted by Gasteiger charge is 2.37. The van der Waals surface area contributed by atoms with Crippen LogP contribution < -0.4 is 5.32 Å². The van der Waals surface area contributed by atoms with Crippen LogP contribution in [0, 0.1) is 0 Å². The van der Waals surface area contributed by atoms with Gasteiger partial charge in [0.25, 0.3) is 5.91 Å². The molecule has 174 valence electrons. The van der Waals surface area contributed by atoms with Crippen LogP contribution >= 0.6 is 0 Å². The fourth-order valence-electron chi connectivity index (χ4n) is 2.81. The van der Waals surface area contributed by atoms with Crippen LogP contribution in [0.3, 0.4) is 0 Å². The topological polar surface area (TPSA) is 110 Å². The van der Waals surface area contributed by atoms with E-state index in [9.17, 15) is 35.9 Å². The highest BCUT2D eigenvalue weighted by molar-refractivity contribution is 5.95. The number of aromatic nitrogens is 4. The first-order valence-electron chi connectivity index (χ1n) is 8.97. The molecule has 1 atom stereocenters. The molecule has 3 aromatic rings. The van der Waals surface area contributed by atoms with Crippen molar-refractivity contribution in [2.45, 2.75) is 25.3 Å². The number of carbonyl (C=O) groups excluding carboxylic acids is 1. The third kappa shape index (κ3) is 5.27. The maximum absolute atomic E-state index is 13.1. The first-order chi connectivity index (χ1) is 15.3. The Morgan fingerprint density at radius 1 is 0.970 bits per heavy atom. The van der Waals surface area contributed by atoms with Gasteiger partial charge < -0.3 is 10.4 Å². The molecule has 1 aromatic carbocycles. The van der Waals surface area contributed by atoms with Crippen molar-refractivity contribution < 1.29 is 41.0 Å². The highest BCUT2D eigenvalue weighted by Crippen LogP contribution is 2.36. The van der Waals surface area contributed by atoms with Crippen LogP contribution in [0.25, 0.3) is 5.82 Å². The summed E-state index contributed by atoms with van der Waals surface area (Å²) in [5, 5.41) is 15.1. The van der Waals surface area contributed by atoms with Crippen LogP contribution in [0.15, 0.2) is 43.0 Å². The van der Waals surface area contributed by atoms with Crippen molar-refractivity contribution in [1.29, 1.82) is 0 Å². The Bertz CT molecular complexity index is 1170. The SMILES string of the molecule is C[C@@H](NC(=O)c1cc(C(F)(F)F)cc(C(F)(F)F)c1)c1nccnc1-n1cc(C(=O)O)cn1. The molecule has 33 heavy (non-hydrogen) atoms. The predicted molar refractivity (Wildman–Crippen MR) is 98.4 cm³/mol. The molecule has 0 bridgehead atoms. The molecule has 0 aliphatic heterocycles. The number of benzene rings is 1. The number of hydrogen-bond donors (Lipinski definition) is 2. The quantitative estimate of drug-likeness (QED) is 0.545. The number of carboxylic acid groups (broad SMARTS) is 1. The summed E-state index contributed by atoms with van der Waals surface area (Å²) >= 11 is 0. The number of carboxylic acids is 1. The molecule has 3 rings (SSSR count). The molecule has 0 spiro atoms. The number of nitrogens with zero attached hydrogens (tertiary/aromatic N) is 4. The molecule has 0 saturated carbocycles. The van der Waals surface area contributed by atoms with Gasteiger partial charge in [0.1, 0.15) is 5.69 Å². The number of rotatable bonds is 5. The van der Waals surface area contributed by atoms with Gasteiger partial charge in [-0.1, -0.05) is 0 Å². The van der Waals surface area contributed by atoms with Gasteiger partial charge in [0.2, 0.25) is 0 Å². The maximum atomic E-state index is 13.1. The third-order valence-electron chi connectivity index (χ3n) is 4.36. The Balaban J connectivity index is 1.94. The average Bonchev–Trinajstić information content (AvgIpc) is 3.22. The summed E-state index contributed by atoms with van der Waals surface area (Å²) < 4.78 is 79.4. The monoisotopic (exact) mass is 473 g/mol. The number of alkyl halides is 6. The second kappa shape index (κ2) is 8.52. The van der Waals surface area contributed by atoms with E-state index < -0.39 is 47.0 Å². The Morgan fingerprint density at radius 2 is 1.55 bits per heavy atom. The number of carbonyl (C=O) groups is 2.